The monoisotopic (exact) mass is 233 g/mol. The van der Waals surface area contributed by atoms with E-state index in [0.29, 0.717) is 12.0 Å². The van der Waals surface area contributed by atoms with Gasteiger partial charge in [0.2, 0.25) is 0 Å². The van der Waals surface area contributed by atoms with Crippen LogP contribution in [0.5, 0.6) is 0 Å². The van der Waals surface area contributed by atoms with Gasteiger partial charge >= 0.3 is 0 Å². The summed E-state index contributed by atoms with van der Waals surface area (Å²) in [6, 6.07) is 10.9. The Hall–Kier alpha value is -0.860. The molecule has 1 fully saturated rings. The molecular weight excluding hydrogens is 210 g/mol. The summed E-state index contributed by atoms with van der Waals surface area (Å²) in [6.45, 7) is 3.20. The molecule has 0 aromatic heterocycles. The van der Waals surface area contributed by atoms with Gasteiger partial charge in [0.15, 0.2) is 0 Å². The molecule has 2 heteroatoms. The van der Waals surface area contributed by atoms with E-state index in [4.69, 9.17) is 0 Å². The van der Waals surface area contributed by atoms with E-state index in [1.54, 1.807) is 0 Å². The van der Waals surface area contributed by atoms with Crippen molar-refractivity contribution in [3.63, 3.8) is 0 Å². The molecule has 1 heterocycles. The molecule has 1 aromatic rings. The maximum absolute atomic E-state index is 10.3. The predicted molar refractivity (Wildman–Crippen MR) is 70.8 cm³/mol. The molecule has 0 spiro atoms. The van der Waals surface area contributed by atoms with E-state index in [1.807, 2.05) is 6.07 Å². The van der Waals surface area contributed by atoms with Crippen LogP contribution in [0, 0.1) is 5.92 Å². The molecule has 1 aliphatic heterocycles. The van der Waals surface area contributed by atoms with E-state index >= 15 is 0 Å². The SMILES string of the molecule is CCC[C@H](O)[C@@H]1CCCN[C@@H]1c1ccccc1. The van der Waals surface area contributed by atoms with Crippen molar-refractivity contribution in [2.45, 2.75) is 44.8 Å². The second-order valence-corrected chi connectivity index (χ2v) is 5.00. The molecule has 2 N–H and O–H groups in total. The molecule has 1 saturated heterocycles. The Balaban J connectivity index is 2.12. The zero-order valence-corrected chi connectivity index (χ0v) is 10.6. The van der Waals surface area contributed by atoms with Crippen LogP contribution in [0.15, 0.2) is 30.3 Å². The van der Waals surface area contributed by atoms with E-state index in [-0.39, 0.29) is 6.10 Å². The molecule has 0 aliphatic carbocycles. The lowest BCUT2D eigenvalue weighted by Gasteiger charge is -2.36. The van der Waals surface area contributed by atoms with E-state index < -0.39 is 0 Å². The number of hydrogen-bond donors (Lipinski definition) is 2. The van der Waals surface area contributed by atoms with Gasteiger partial charge in [-0.3, -0.25) is 0 Å². The first kappa shape index (κ1) is 12.6. The predicted octanol–water partition coefficient (Wildman–Crippen LogP) is 2.89. The Kier molecular flexibility index (Phi) is 4.57. The number of aliphatic hydroxyl groups is 1. The topological polar surface area (TPSA) is 32.3 Å². The average Bonchev–Trinajstić information content (AvgIpc) is 2.40. The van der Waals surface area contributed by atoms with Crippen molar-refractivity contribution in [3.8, 4) is 0 Å². The lowest BCUT2D eigenvalue weighted by molar-refractivity contribution is 0.0578. The normalized spacial score (nSPS) is 26.7. The standard InChI is InChI=1S/C15H23NO/c1-2-7-14(17)13-10-6-11-16-15(13)12-8-4-3-5-9-12/h3-5,8-9,13-17H,2,6-7,10-11H2,1H3/t13-,14-,15+/m0/s1. The number of hydrogen-bond acceptors (Lipinski definition) is 2. The summed E-state index contributed by atoms with van der Waals surface area (Å²) in [5.74, 6) is 0.367. The van der Waals surface area contributed by atoms with Gasteiger partial charge in [0.05, 0.1) is 6.10 Å². The number of rotatable bonds is 4. The number of benzene rings is 1. The Labute approximate surface area is 104 Å². The molecular formula is C15H23NO. The summed E-state index contributed by atoms with van der Waals surface area (Å²) < 4.78 is 0. The van der Waals surface area contributed by atoms with Crippen molar-refractivity contribution in [2.24, 2.45) is 5.92 Å². The third-order valence-corrected chi connectivity index (χ3v) is 3.74. The van der Waals surface area contributed by atoms with Crippen molar-refractivity contribution in [1.82, 2.24) is 5.32 Å². The van der Waals surface area contributed by atoms with E-state index in [9.17, 15) is 5.11 Å². The van der Waals surface area contributed by atoms with E-state index in [0.717, 1.165) is 25.8 Å². The minimum Gasteiger partial charge on any atom is -0.393 e. The molecule has 94 valence electrons. The highest BCUT2D eigenvalue weighted by Gasteiger charge is 2.30. The summed E-state index contributed by atoms with van der Waals surface area (Å²) in [6.07, 6.45) is 4.11. The lowest BCUT2D eigenvalue weighted by atomic mass is 9.81. The Morgan fingerprint density at radius 3 is 2.82 bits per heavy atom. The van der Waals surface area contributed by atoms with Gasteiger partial charge in [0, 0.05) is 12.0 Å². The quantitative estimate of drug-likeness (QED) is 0.838. The van der Waals surface area contributed by atoms with Crippen molar-refractivity contribution in [1.29, 1.82) is 0 Å². The Morgan fingerprint density at radius 1 is 1.35 bits per heavy atom. The third-order valence-electron chi connectivity index (χ3n) is 3.74. The van der Waals surface area contributed by atoms with E-state index in [1.165, 1.54) is 12.0 Å². The summed E-state index contributed by atoms with van der Waals surface area (Å²) in [5, 5.41) is 13.8. The van der Waals surface area contributed by atoms with Crippen LogP contribution < -0.4 is 5.32 Å². The van der Waals surface area contributed by atoms with Crippen LogP contribution in [-0.4, -0.2) is 17.8 Å². The van der Waals surface area contributed by atoms with Crippen molar-refractivity contribution in [3.05, 3.63) is 35.9 Å². The van der Waals surface area contributed by atoms with Crippen LogP contribution in [0.4, 0.5) is 0 Å². The van der Waals surface area contributed by atoms with Gasteiger partial charge in [0.1, 0.15) is 0 Å². The number of nitrogens with one attached hydrogen (secondary N) is 1. The average molecular weight is 233 g/mol. The van der Waals surface area contributed by atoms with Crippen LogP contribution in [0.2, 0.25) is 0 Å². The highest BCUT2D eigenvalue weighted by molar-refractivity contribution is 5.20. The van der Waals surface area contributed by atoms with Gasteiger partial charge in [-0.15, -0.1) is 0 Å². The first-order valence-electron chi connectivity index (χ1n) is 6.79. The van der Waals surface area contributed by atoms with Gasteiger partial charge < -0.3 is 10.4 Å². The van der Waals surface area contributed by atoms with Gasteiger partial charge in [-0.1, -0.05) is 43.7 Å². The van der Waals surface area contributed by atoms with Crippen LogP contribution >= 0.6 is 0 Å². The fraction of sp³-hybridized carbons (Fsp3) is 0.600. The second-order valence-electron chi connectivity index (χ2n) is 5.00. The van der Waals surface area contributed by atoms with E-state index in [2.05, 4.69) is 36.5 Å². The first-order valence-corrected chi connectivity index (χ1v) is 6.79. The highest BCUT2D eigenvalue weighted by Crippen LogP contribution is 2.33. The third kappa shape index (κ3) is 3.08. The van der Waals surface area contributed by atoms with Crippen molar-refractivity contribution >= 4 is 0 Å². The summed E-state index contributed by atoms with van der Waals surface area (Å²) >= 11 is 0. The largest absolute Gasteiger partial charge is 0.393 e. The zero-order valence-electron chi connectivity index (χ0n) is 10.6. The van der Waals surface area contributed by atoms with Crippen LogP contribution in [0.25, 0.3) is 0 Å². The molecule has 1 aliphatic rings. The fourth-order valence-corrected chi connectivity index (χ4v) is 2.86. The molecule has 3 atom stereocenters. The molecule has 17 heavy (non-hydrogen) atoms. The lowest BCUT2D eigenvalue weighted by Crippen LogP contribution is -2.40. The molecule has 0 bridgehead atoms. The van der Waals surface area contributed by atoms with Crippen molar-refractivity contribution < 1.29 is 5.11 Å². The minimum atomic E-state index is -0.169. The molecule has 2 rings (SSSR count). The second kappa shape index (κ2) is 6.18. The maximum atomic E-state index is 10.3. The van der Waals surface area contributed by atoms with Crippen molar-refractivity contribution in [2.75, 3.05) is 6.54 Å². The van der Waals surface area contributed by atoms with Gasteiger partial charge in [-0.25, -0.2) is 0 Å². The molecule has 0 unspecified atom stereocenters. The molecule has 0 amide bonds. The van der Waals surface area contributed by atoms with Gasteiger partial charge in [-0.2, -0.15) is 0 Å². The molecule has 2 nitrogen and oxygen atoms in total. The van der Waals surface area contributed by atoms with Gasteiger partial charge in [-0.05, 0) is 31.4 Å². The number of piperidine rings is 1. The fourth-order valence-electron chi connectivity index (χ4n) is 2.86. The molecule has 0 saturated carbocycles. The molecule has 1 aromatic carbocycles. The summed E-state index contributed by atoms with van der Waals surface area (Å²) in [5.41, 5.74) is 1.31. The highest BCUT2D eigenvalue weighted by atomic mass is 16.3. The summed E-state index contributed by atoms with van der Waals surface area (Å²) in [7, 11) is 0. The van der Waals surface area contributed by atoms with Gasteiger partial charge in [0.25, 0.3) is 0 Å². The number of aliphatic hydroxyl groups excluding tert-OH is 1. The maximum Gasteiger partial charge on any atom is 0.0586 e. The van der Waals surface area contributed by atoms with Crippen LogP contribution in [0.3, 0.4) is 0 Å². The minimum absolute atomic E-state index is 0.169. The Bertz CT molecular complexity index is 325. The van der Waals surface area contributed by atoms with Crippen LogP contribution in [0.1, 0.15) is 44.2 Å². The molecule has 0 radical (unpaired) electrons. The Morgan fingerprint density at radius 2 is 2.12 bits per heavy atom. The smallest absolute Gasteiger partial charge is 0.0586 e. The van der Waals surface area contributed by atoms with Crippen LogP contribution in [-0.2, 0) is 0 Å². The zero-order chi connectivity index (χ0) is 12.1. The summed E-state index contributed by atoms with van der Waals surface area (Å²) in [4.78, 5) is 0. The first-order chi connectivity index (χ1) is 8.33.